The fourth-order valence-corrected chi connectivity index (χ4v) is 5.56. The Morgan fingerprint density at radius 1 is 1.00 bits per heavy atom. The van der Waals surface area contributed by atoms with Crippen molar-refractivity contribution >= 4 is 57.2 Å². The summed E-state index contributed by atoms with van der Waals surface area (Å²) in [4.78, 5) is 43.5. The number of aromatic nitrogens is 3. The third-order valence-electron chi connectivity index (χ3n) is 6.89. The highest BCUT2D eigenvalue weighted by atomic mass is 35.5. The highest BCUT2D eigenvalue weighted by molar-refractivity contribution is 7.17. The van der Waals surface area contributed by atoms with E-state index in [9.17, 15) is 9.59 Å². The topological polar surface area (TPSA) is 169 Å². The van der Waals surface area contributed by atoms with Gasteiger partial charge in [-0.1, -0.05) is 35.1 Å². The zero-order valence-corrected chi connectivity index (χ0v) is 27.8. The van der Waals surface area contributed by atoms with Gasteiger partial charge in [0.1, 0.15) is 22.3 Å². The SMILES string of the molecule is Cc1nc(Nc2ncc(C(=O)Nc3c(C)cccc3Cl)s2)cc(N2CCN(CC(=O)NCCOCCOCCOCCN)CC2)n1. The van der Waals surface area contributed by atoms with Crippen LogP contribution in [0, 0.1) is 13.8 Å². The molecule has 250 valence electrons. The molecule has 0 saturated carbocycles. The number of thiazole rings is 1. The minimum atomic E-state index is -0.289. The molecule has 1 saturated heterocycles. The fraction of sp³-hybridized carbons (Fsp3) is 0.500. The number of rotatable bonds is 18. The molecular weight excluding hydrogens is 634 g/mol. The molecule has 1 fully saturated rings. The lowest BCUT2D eigenvalue weighted by Gasteiger charge is -2.35. The van der Waals surface area contributed by atoms with Crippen molar-refractivity contribution < 1.29 is 23.8 Å². The van der Waals surface area contributed by atoms with Gasteiger partial charge < -0.3 is 40.8 Å². The van der Waals surface area contributed by atoms with Crippen LogP contribution >= 0.6 is 22.9 Å². The lowest BCUT2D eigenvalue weighted by molar-refractivity contribution is -0.122. The zero-order valence-electron chi connectivity index (χ0n) is 26.2. The molecule has 2 amide bonds. The lowest BCUT2D eigenvalue weighted by Crippen LogP contribution is -2.50. The first-order chi connectivity index (χ1) is 22.3. The van der Waals surface area contributed by atoms with Crippen LogP contribution in [-0.2, 0) is 19.0 Å². The molecule has 0 atom stereocenters. The van der Waals surface area contributed by atoms with Crippen molar-refractivity contribution in [1.29, 1.82) is 0 Å². The number of para-hydroxylation sites is 1. The van der Waals surface area contributed by atoms with Crippen molar-refractivity contribution in [2.75, 3.05) is 101 Å². The first-order valence-corrected chi connectivity index (χ1v) is 16.3. The first-order valence-electron chi connectivity index (χ1n) is 15.1. The van der Waals surface area contributed by atoms with E-state index in [0.29, 0.717) is 105 Å². The molecule has 16 heteroatoms. The molecule has 46 heavy (non-hydrogen) atoms. The molecule has 0 aliphatic carbocycles. The summed E-state index contributed by atoms with van der Waals surface area (Å²) in [5, 5.41) is 9.99. The Labute approximate surface area is 278 Å². The Hall–Kier alpha value is -3.44. The number of benzene rings is 1. The largest absolute Gasteiger partial charge is 0.378 e. The first kappa shape index (κ1) is 35.4. The smallest absolute Gasteiger partial charge is 0.267 e. The molecule has 0 unspecified atom stereocenters. The number of carbonyl (C=O) groups excluding carboxylic acids is 2. The number of hydrogen-bond donors (Lipinski definition) is 4. The highest BCUT2D eigenvalue weighted by Crippen LogP contribution is 2.28. The molecule has 3 aromatic rings. The molecule has 0 radical (unpaired) electrons. The number of piperazine rings is 1. The quantitative estimate of drug-likeness (QED) is 0.146. The predicted octanol–water partition coefficient (Wildman–Crippen LogP) is 2.45. The summed E-state index contributed by atoms with van der Waals surface area (Å²) in [5.41, 5.74) is 6.81. The van der Waals surface area contributed by atoms with Gasteiger partial charge in [0.15, 0.2) is 5.13 Å². The van der Waals surface area contributed by atoms with E-state index in [2.05, 4.69) is 40.7 Å². The Balaban J connectivity index is 1.16. The van der Waals surface area contributed by atoms with Gasteiger partial charge in [0, 0.05) is 45.3 Å². The molecule has 4 rings (SSSR count). The van der Waals surface area contributed by atoms with Crippen molar-refractivity contribution in [2.45, 2.75) is 13.8 Å². The van der Waals surface area contributed by atoms with Crippen molar-refractivity contribution in [3.8, 4) is 0 Å². The van der Waals surface area contributed by atoms with Crippen LogP contribution < -0.4 is 26.6 Å². The van der Waals surface area contributed by atoms with Gasteiger partial charge in [0.05, 0.1) is 63.1 Å². The van der Waals surface area contributed by atoms with E-state index in [1.165, 1.54) is 17.5 Å². The predicted molar refractivity (Wildman–Crippen MR) is 179 cm³/mol. The fourth-order valence-electron chi connectivity index (χ4n) is 4.57. The van der Waals surface area contributed by atoms with Crippen molar-refractivity contribution in [3.63, 3.8) is 0 Å². The number of amides is 2. The average molecular weight is 676 g/mol. The molecule has 1 aliphatic heterocycles. The van der Waals surface area contributed by atoms with Crippen molar-refractivity contribution in [3.05, 3.63) is 51.7 Å². The normalized spacial score (nSPS) is 13.5. The number of hydrogen-bond acceptors (Lipinski definition) is 13. The van der Waals surface area contributed by atoms with E-state index >= 15 is 0 Å². The summed E-state index contributed by atoms with van der Waals surface area (Å²) in [6.45, 7) is 10.8. The summed E-state index contributed by atoms with van der Waals surface area (Å²) in [6, 6.07) is 7.32. The summed E-state index contributed by atoms with van der Waals surface area (Å²) in [6.07, 6.45) is 1.52. The number of ether oxygens (including phenoxy) is 3. The Morgan fingerprint density at radius 3 is 2.43 bits per heavy atom. The summed E-state index contributed by atoms with van der Waals surface area (Å²) < 4.78 is 16.1. The second-order valence-corrected chi connectivity index (χ2v) is 11.9. The van der Waals surface area contributed by atoms with Crippen molar-refractivity contribution in [2.24, 2.45) is 5.73 Å². The standard InChI is InChI=1S/C30H42ClN9O5S/c1-21-4-3-5-23(31)28(21)38-29(42)24-19-34-30(46-24)37-25-18-26(36-22(2)35-25)40-10-8-39(9-11-40)20-27(41)33-7-13-44-15-17-45-16-14-43-12-6-32/h3-5,18-19H,6-17,20,32H2,1-2H3,(H,33,41)(H,38,42)(H,34,35,36,37). The zero-order chi connectivity index (χ0) is 32.7. The number of aryl methyl sites for hydroxylation is 2. The number of halogens is 1. The molecule has 3 heterocycles. The van der Waals surface area contributed by atoms with Crippen LogP contribution in [0.15, 0.2) is 30.5 Å². The van der Waals surface area contributed by atoms with Gasteiger partial charge in [0.2, 0.25) is 5.91 Å². The van der Waals surface area contributed by atoms with Crippen LogP contribution in [0.1, 0.15) is 21.1 Å². The van der Waals surface area contributed by atoms with E-state index in [1.54, 1.807) is 6.07 Å². The average Bonchev–Trinajstić information content (AvgIpc) is 3.50. The third-order valence-corrected chi connectivity index (χ3v) is 8.11. The third kappa shape index (κ3) is 11.4. The summed E-state index contributed by atoms with van der Waals surface area (Å²) >= 11 is 7.48. The Kier molecular flexibility index (Phi) is 14.4. The molecule has 1 aliphatic rings. The minimum Gasteiger partial charge on any atom is -0.378 e. The van der Waals surface area contributed by atoms with E-state index in [4.69, 9.17) is 31.5 Å². The van der Waals surface area contributed by atoms with Crippen LogP contribution in [0.25, 0.3) is 0 Å². The van der Waals surface area contributed by atoms with Crippen LogP contribution in [0.5, 0.6) is 0 Å². The summed E-state index contributed by atoms with van der Waals surface area (Å²) in [5.74, 6) is 1.65. The number of nitrogens with two attached hydrogens (primary N) is 1. The molecule has 5 N–H and O–H groups in total. The molecular formula is C30H42ClN9O5S. The highest BCUT2D eigenvalue weighted by Gasteiger charge is 2.21. The van der Waals surface area contributed by atoms with Crippen molar-refractivity contribution in [1.82, 2.24) is 25.2 Å². The molecule has 0 bridgehead atoms. The van der Waals surface area contributed by atoms with Gasteiger partial charge in [-0.25, -0.2) is 15.0 Å². The van der Waals surface area contributed by atoms with E-state index < -0.39 is 0 Å². The van der Waals surface area contributed by atoms with Gasteiger partial charge in [0.25, 0.3) is 5.91 Å². The summed E-state index contributed by atoms with van der Waals surface area (Å²) in [7, 11) is 0. The maximum atomic E-state index is 12.8. The van der Waals surface area contributed by atoms with Gasteiger partial charge in [-0.05, 0) is 25.5 Å². The second-order valence-electron chi connectivity index (χ2n) is 10.4. The number of nitrogens with one attached hydrogen (secondary N) is 3. The van der Waals surface area contributed by atoms with Crippen LogP contribution in [0.4, 0.5) is 22.5 Å². The number of carbonyl (C=O) groups is 2. The number of nitrogens with zero attached hydrogens (tertiary/aromatic N) is 5. The van der Waals surface area contributed by atoms with E-state index in [1.807, 2.05) is 32.0 Å². The molecule has 2 aromatic heterocycles. The van der Waals surface area contributed by atoms with Crippen LogP contribution in [0.3, 0.4) is 0 Å². The monoisotopic (exact) mass is 675 g/mol. The molecule has 14 nitrogen and oxygen atoms in total. The Bertz CT molecular complexity index is 1400. The van der Waals surface area contributed by atoms with Crippen LogP contribution in [-0.4, -0.2) is 117 Å². The maximum absolute atomic E-state index is 12.8. The lowest BCUT2D eigenvalue weighted by atomic mass is 10.2. The Morgan fingerprint density at radius 2 is 1.72 bits per heavy atom. The number of anilines is 4. The second kappa shape index (κ2) is 18.6. The van der Waals surface area contributed by atoms with Gasteiger partial charge in [-0.2, -0.15) is 0 Å². The maximum Gasteiger partial charge on any atom is 0.267 e. The van der Waals surface area contributed by atoms with Gasteiger partial charge in [-0.3, -0.25) is 14.5 Å². The van der Waals surface area contributed by atoms with Gasteiger partial charge >= 0.3 is 0 Å². The van der Waals surface area contributed by atoms with Gasteiger partial charge in [-0.15, -0.1) is 0 Å². The van der Waals surface area contributed by atoms with Crippen LogP contribution in [0.2, 0.25) is 5.02 Å². The van der Waals surface area contributed by atoms with E-state index in [0.717, 1.165) is 24.5 Å². The minimum absolute atomic E-state index is 0.0341. The van der Waals surface area contributed by atoms with E-state index in [-0.39, 0.29) is 11.8 Å². The molecule has 1 aromatic carbocycles. The molecule has 0 spiro atoms.